The number of amides is 2. The molecule has 0 aliphatic heterocycles. The van der Waals surface area contributed by atoms with Crippen LogP contribution in [0.25, 0.3) is 11.3 Å². The van der Waals surface area contributed by atoms with Crippen LogP contribution in [0.5, 0.6) is 0 Å². The molecule has 0 spiro atoms. The van der Waals surface area contributed by atoms with Crippen LogP contribution in [0.3, 0.4) is 0 Å². The van der Waals surface area contributed by atoms with Crippen LogP contribution < -0.4 is 15.5 Å². The second-order valence-electron chi connectivity index (χ2n) is 7.07. The standard InChI is InChI=1S/C24H22N6O3/c1-2-30(24(33)29-21-9-4-3-8-19(21)22(31)32)18-7-5-6-17(14-18)27-23-26-13-11-20(28-23)16-10-12-25-15-16/h3-15,25H,2H2,1H3,(H,29,33)(H,31,32)(H,26,27,28). The number of aromatic carboxylic acids is 1. The maximum absolute atomic E-state index is 12.9. The van der Waals surface area contributed by atoms with Gasteiger partial charge in [-0.1, -0.05) is 18.2 Å². The summed E-state index contributed by atoms with van der Waals surface area (Å²) in [6, 6.07) is 16.9. The number of rotatable bonds is 7. The number of nitrogens with zero attached hydrogens (tertiary/aromatic N) is 3. The number of urea groups is 1. The van der Waals surface area contributed by atoms with Crippen molar-refractivity contribution in [2.45, 2.75) is 6.92 Å². The minimum atomic E-state index is -1.11. The minimum Gasteiger partial charge on any atom is -0.478 e. The van der Waals surface area contributed by atoms with E-state index in [9.17, 15) is 14.7 Å². The monoisotopic (exact) mass is 442 g/mol. The van der Waals surface area contributed by atoms with Gasteiger partial charge in [-0.25, -0.2) is 19.6 Å². The summed E-state index contributed by atoms with van der Waals surface area (Å²) in [7, 11) is 0. The van der Waals surface area contributed by atoms with E-state index < -0.39 is 12.0 Å². The van der Waals surface area contributed by atoms with E-state index in [1.54, 1.807) is 36.5 Å². The first-order valence-electron chi connectivity index (χ1n) is 10.3. The van der Waals surface area contributed by atoms with Gasteiger partial charge in [0.15, 0.2) is 0 Å². The molecule has 33 heavy (non-hydrogen) atoms. The fourth-order valence-electron chi connectivity index (χ4n) is 3.35. The molecular formula is C24H22N6O3. The zero-order valence-electron chi connectivity index (χ0n) is 17.8. The van der Waals surface area contributed by atoms with E-state index in [1.165, 1.54) is 11.0 Å². The predicted molar refractivity (Wildman–Crippen MR) is 127 cm³/mol. The SMILES string of the molecule is CCN(C(=O)Nc1ccccc1C(=O)O)c1cccc(Nc2nccc(-c3cc[nH]c3)n2)c1. The predicted octanol–water partition coefficient (Wildman–Crippen LogP) is 4.97. The quantitative estimate of drug-likeness (QED) is 0.320. The summed E-state index contributed by atoms with van der Waals surface area (Å²) in [4.78, 5) is 37.7. The maximum atomic E-state index is 12.9. The highest BCUT2D eigenvalue weighted by Gasteiger charge is 2.18. The molecule has 2 amide bonds. The fraction of sp³-hybridized carbons (Fsp3) is 0.0833. The summed E-state index contributed by atoms with van der Waals surface area (Å²) >= 11 is 0. The summed E-state index contributed by atoms with van der Waals surface area (Å²) in [6.45, 7) is 2.22. The molecule has 9 nitrogen and oxygen atoms in total. The molecule has 0 aliphatic carbocycles. The van der Waals surface area contributed by atoms with Crippen molar-refractivity contribution in [3.05, 3.63) is 84.8 Å². The normalized spacial score (nSPS) is 10.5. The van der Waals surface area contributed by atoms with Crippen LogP contribution in [0.15, 0.2) is 79.3 Å². The van der Waals surface area contributed by atoms with E-state index in [1.807, 2.05) is 43.6 Å². The van der Waals surface area contributed by atoms with Gasteiger partial charge in [0.25, 0.3) is 0 Å². The minimum absolute atomic E-state index is 0.0248. The number of hydrogen-bond acceptors (Lipinski definition) is 5. The van der Waals surface area contributed by atoms with Gasteiger partial charge in [0.2, 0.25) is 5.95 Å². The van der Waals surface area contributed by atoms with Gasteiger partial charge in [0.05, 0.1) is 16.9 Å². The lowest BCUT2D eigenvalue weighted by Gasteiger charge is -2.22. The molecule has 0 saturated heterocycles. The van der Waals surface area contributed by atoms with Crippen LogP contribution in [0, 0.1) is 0 Å². The van der Waals surface area contributed by atoms with Crippen molar-refractivity contribution in [2.75, 3.05) is 22.1 Å². The second kappa shape index (κ2) is 9.65. The molecule has 0 saturated carbocycles. The Morgan fingerprint density at radius 3 is 2.70 bits per heavy atom. The van der Waals surface area contributed by atoms with Crippen LogP contribution in [0.2, 0.25) is 0 Å². The summed E-state index contributed by atoms with van der Waals surface area (Å²) in [6.07, 6.45) is 5.35. The molecule has 2 aromatic carbocycles. The van der Waals surface area contributed by atoms with Crippen LogP contribution >= 0.6 is 0 Å². The lowest BCUT2D eigenvalue weighted by atomic mass is 10.2. The molecule has 0 atom stereocenters. The van der Waals surface area contributed by atoms with Crippen LogP contribution in [0.1, 0.15) is 17.3 Å². The van der Waals surface area contributed by atoms with Crippen molar-refractivity contribution >= 4 is 35.0 Å². The highest BCUT2D eigenvalue weighted by atomic mass is 16.4. The van der Waals surface area contributed by atoms with E-state index in [4.69, 9.17) is 0 Å². The Hall–Kier alpha value is -4.66. The first-order valence-corrected chi connectivity index (χ1v) is 10.3. The molecule has 4 rings (SSSR count). The average molecular weight is 442 g/mol. The Kier molecular flexibility index (Phi) is 6.31. The van der Waals surface area contributed by atoms with Gasteiger partial charge in [-0.15, -0.1) is 0 Å². The van der Waals surface area contributed by atoms with Gasteiger partial charge in [-0.3, -0.25) is 4.90 Å². The third-order valence-corrected chi connectivity index (χ3v) is 4.92. The fourth-order valence-corrected chi connectivity index (χ4v) is 3.35. The van der Waals surface area contributed by atoms with Crippen molar-refractivity contribution in [3.8, 4) is 11.3 Å². The first kappa shape index (κ1) is 21.6. The number of nitrogens with one attached hydrogen (secondary N) is 3. The molecule has 0 fully saturated rings. The number of para-hydroxylation sites is 1. The Balaban J connectivity index is 1.53. The number of aromatic nitrogens is 3. The summed E-state index contributed by atoms with van der Waals surface area (Å²) < 4.78 is 0. The van der Waals surface area contributed by atoms with Crippen molar-refractivity contribution in [3.63, 3.8) is 0 Å². The molecule has 166 valence electrons. The van der Waals surface area contributed by atoms with Crippen molar-refractivity contribution in [1.82, 2.24) is 15.0 Å². The van der Waals surface area contributed by atoms with Crippen molar-refractivity contribution < 1.29 is 14.7 Å². The van der Waals surface area contributed by atoms with E-state index in [2.05, 4.69) is 25.6 Å². The van der Waals surface area contributed by atoms with Crippen molar-refractivity contribution in [2.24, 2.45) is 0 Å². The lowest BCUT2D eigenvalue weighted by Crippen LogP contribution is -2.35. The topological polar surface area (TPSA) is 123 Å². The molecule has 0 unspecified atom stereocenters. The number of anilines is 4. The zero-order valence-corrected chi connectivity index (χ0v) is 17.8. The molecule has 0 aliphatic rings. The molecule has 4 N–H and O–H groups in total. The molecular weight excluding hydrogens is 420 g/mol. The largest absolute Gasteiger partial charge is 0.478 e. The van der Waals surface area contributed by atoms with E-state index in [0.29, 0.717) is 23.9 Å². The van der Waals surface area contributed by atoms with E-state index >= 15 is 0 Å². The van der Waals surface area contributed by atoms with Gasteiger partial charge in [-0.05, 0) is 49.4 Å². The number of aromatic amines is 1. The van der Waals surface area contributed by atoms with Gasteiger partial charge < -0.3 is 20.7 Å². The van der Waals surface area contributed by atoms with Crippen LogP contribution in [-0.2, 0) is 0 Å². The average Bonchev–Trinajstić information content (AvgIpc) is 3.35. The Morgan fingerprint density at radius 2 is 1.94 bits per heavy atom. The van der Waals surface area contributed by atoms with Gasteiger partial charge >= 0.3 is 12.0 Å². The third-order valence-electron chi connectivity index (χ3n) is 4.92. The molecule has 9 heteroatoms. The molecule has 2 aromatic heterocycles. The molecule has 0 bridgehead atoms. The number of carboxylic acids is 1. The van der Waals surface area contributed by atoms with Gasteiger partial charge in [-0.2, -0.15) is 0 Å². The molecule has 4 aromatic rings. The molecule has 2 heterocycles. The Morgan fingerprint density at radius 1 is 1.09 bits per heavy atom. The molecule has 0 radical (unpaired) electrons. The number of carbonyl (C=O) groups is 2. The van der Waals surface area contributed by atoms with Crippen LogP contribution in [0.4, 0.5) is 27.8 Å². The highest BCUT2D eigenvalue weighted by molar-refractivity contribution is 6.06. The van der Waals surface area contributed by atoms with Gasteiger partial charge in [0.1, 0.15) is 0 Å². The van der Waals surface area contributed by atoms with E-state index in [0.717, 1.165) is 11.3 Å². The number of H-pyrrole nitrogens is 1. The number of carboxylic acid groups (broad SMARTS) is 1. The van der Waals surface area contributed by atoms with E-state index in [-0.39, 0.29) is 11.3 Å². The first-order chi connectivity index (χ1) is 16.0. The smallest absolute Gasteiger partial charge is 0.337 e. The third kappa shape index (κ3) is 4.99. The van der Waals surface area contributed by atoms with Gasteiger partial charge in [0, 0.05) is 42.1 Å². The Labute approximate surface area is 190 Å². The number of hydrogen-bond donors (Lipinski definition) is 4. The van der Waals surface area contributed by atoms with Crippen LogP contribution in [-0.4, -0.2) is 38.6 Å². The highest BCUT2D eigenvalue weighted by Crippen LogP contribution is 2.24. The second-order valence-corrected chi connectivity index (χ2v) is 7.07. The number of carbonyl (C=O) groups excluding carboxylic acids is 1. The lowest BCUT2D eigenvalue weighted by molar-refractivity contribution is 0.0698. The summed E-state index contributed by atoms with van der Waals surface area (Å²) in [5.74, 6) is -0.684. The van der Waals surface area contributed by atoms with Crippen molar-refractivity contribution in [1.29, 1.82) is 0 Å². The Bertz CT molecular complexity index is 1270. The summed E-state index contributed by atoms with van der Waals surface area (Å²) in [5.41, 5.74) is 3.32. The maximum Gasteiger partial charge on any atom is 0.337 e. The number of benzene rings is 2. The summed E-state index contributed by atoms with van der Waals surface area (Å²) in [5, 5.41) is 15.2. The zero-order chi connectivity index (χ0) is 23.2.